The number of nitrogens with one attached hydrogen (secondary N) is 1. The zero-order chi connectivity index (χ0) is 15.4. The first-order chi connectivity index (χ1) is 10.0. The van der Waals surface area contributed by atoms with E-state index in [9.17, 15) is 8.78 Å². The zero-order valence-corrected chi connectivity index (χ0v) is 13.4. The van der Waals surface area contributed by atoms with Gasteiger partial charge in [0, 0.05) is 17.0 Å². The number of rotatable bonds is 6. The molecule has 114 valence electrons. The summed E-state index contributed by atoms with van der Waals surface area (Å²) in [5.74, 6) is -0.408. The number of thiazole rings is 1. The molecule has 0 atom stereocenters. The zero-order valence-electron chi connectivity index (χ0n) is 12.5. The average Bonchev–Trinajstić information content (AvgIpc) is 2.81. The summed E-state index contributed by atoms with van der Waals surface area (Å²) in [6.07, 6.45) is 0.841. The van der Waals surface area contributed by atoms with Crippen molar-refractivity contribution in [2.24, 2.45) is 5.92 Å². The van der Waals surface area contributed by atoms with Crippen molar-refractivity contribution in [1.29, 1.82) is 0 Å². The standard InChI is InChI=1S/C16H20F2N2S/c1-4-19-9-15-14(7-10(2)3)20-16(21-15)12-8-11(17)5-6-13(12)18/h5-6,8,10,19H,4,7,9H2,1-3H3. The Labute approximate surface area is 128 Å². The quantitative estimate of drug-likeness (QED) is 0.855. The number of halogens is 2. The molecule has 0 aliphatic carbocycles. The van der Waals surface area contributed by atoms with Crippen molar-refractivity contribution in [3.8, 4) is 10.6 Å². The van der Waals surface area contributed by atoms with Gasteiger partial charge >= 0.3 is 0 Å². The average molecular weight is 310 g/mol. The van der Waals surface area contributed by atoms with Crippen LogP contribution in [-0.2, 0) is 13.0 Å². The fraction of sp³-hybridized carbons (Fsp3) is 0.438. The van der Waals surface area contributed by atoms with Gasteiger partial charge < -0.3 is 5.32 Å². The number of nitrogens with zero attached hydrogens (tertiary/aromatic N) is 1. The fourth-order valence-corrected chi connectivity index (χ4v) is 3.16. The number of benzene rings is 1. The third-order valence-electron chi connectivity index (χ3n) is 3.07. The van der Waals surface area contributed by atoms with E-state index >= 15 is 0 Å². The van der Waals surface area contributed by atoms with Crippen LogP contribution in [0.25, 0.3) is 10.6 Å². The molecule has 2 nitrogen and oxygen atoms in total. The molecule has 1 aromatic heterocycles. The van der Waals surface area contributed by atoms with Crippen LogP contribution in [0.5, 0.6) is 0 Å². The van der Waals surface area contributed by atoms with Crippen molar-refractivity contribution < 1.29 is 8.78 Å². The predicted octanol–water partition coefficient (Wildman–Crippen LogP) is 4.40. The van der Waals surface area contributed by atoms with Gasteiger partial charge in [-0.15, -0.1) is 11.3 Å². The Morgan fingerprint density at radius 3 is 2.71 bits per heavy atom. The molecular weight excluding hydrogens is 290 g/mol. The lowest BCUT2D eigenvalue weighted by Gasteiger charge is -2.04. The van der Waals surface area contributed by atoms with E-state index in [4.69, 9.17) is 0 Å². The largest absolute Gasteiger partial charge is 0.312 e. The van der Waals surface area contributed by atoms with E-state index in [0.29, 0.717) is 17.5 Å². The van der Waals surface area contributed by atoms with E-state index in [1.165, 1.54) is 17.4 Å². The van der Waals surface area contributed by atoms with Crippen LogP contribution in [0.15, 0.2) is 18.2 Å². The third-order valence-corrected chi connectivity index (χ3v) is 4.21. The maximum Gasteiger partial charge on any atom is 0.133 e. The molecule has 2 aromatic rings. The molecule has 0 radical (unpaired) electrons. The van der Waals surface area contributed by atoms with E-state index < -0.39 is 11.6 Å². The van der Waals surface area contributed by atoms with Crippen LogP contribution < -0.4 is 5.32 Å². The van der Waals surface area contributed by atoms with Gasteiger partial charge in [0.25, 0.3) is 0 Å². The van der Waals surface area contributed by atoms with Gasteiger partial charge in [-0.2, -0.15) is 0 Å². The Morgan fingerprint density at radius 1 is 1.29 bits per heavy atom. The maximum atomic E-state index is 13.9. The summed E-state index contributed by atoms with van der Waals surface area (Å²) >= 11 is 1.44. The number of aromatic nitrogens is 1. The molecule has 1 heterocycles. The van der Waals surface area contributed by atoms with Crippen molar-refractivity contribution in [1.82, 2.24) is 10.3 Å². The monoisotopic (exact) mass is 310 g/mol. The van der Waals surface area contributed by atoms with Gasteiger partial charge in [0.1, 0.15) is 16.6 Å². The lowest BCUT2D eigenvalue weighted by atomic mass is 10.1. The normalized spacial score (nSPS) is 11.3. The lowest BCUT2D eigenvalue weighted by molar-refractivity contribution is 0.602. The molecule has 0 bridgehead atoms. The van der Waals surface area contributed by atoms with Crippen LogP contribution in [0.2, 0.25) is 0 Å². The second-order valence-corrected chi connectivity index (χ2v) is 6.47. The summed E-state index contributed by atoms with van der Waals surface area (Å²) in [7, 11) is 0. The minimum absolute atomic E-state index is 0.243. The minimum atomic E-state index is -0.444. The van der Waals surface area contributed by atoms with E-state index in [0.717, 1.165) is 35.7 Å². The Bertz CT molecular complexity index is 608. The molecule has 0 saturated heterocycles. The van der Waals surface area contributed by atoms with E-state index in [1.807, 2.05) is 6.92 Å². The molecule has 0 fully saturated rings. The molecule has 21 heavy (non-hydrogen) atoms. The summed E-state index contributed by atoms with van der Waals surface area (Å²) in [4.78, 5) is 5.65. The van der Waals surface area contributed by atoms with Crippen molar-refractivity contribution >= 4 is 11.3 Å². The number of hydrogen-bond acceptors (Lipinski definition) is 3. The van der Waals surface area contributed by atoms with Gasteiger partial charge in [0.2, 0.25) is 0 Å². The lowest BCUT2D eigenvalue weighted by Crippen LogP contribution is -2.12. The summed E-state index contributed by atoms with van der Waals surface area (Å²) in [6.45, 7) is 7.86. The number of hydrogen-bond donors (Lipinski definition) is 1. The smallest absolute Gasteiger partial charge is 0.133 e. The van der Waals surface area contributed by atoms with Gasteiger partial charge in [-0.25, -0.2) is 13.8 Å². The highest BCUT2D eigenvalue weighted by Gasteiger charge is 2.16. The molecule has 0 saturated carbocycles. The van der Waals surface area contributed by atoms with Crippen molar-refractivity contribution in [3.63, 3.8) is 0 Å². The van der Waals surface area contributed by atoms with Gasteiger partial charge in [-0.1, -0.05) is 20.8 Å². The molecule has 0 aliphatic heterocycles. The van der Waals surface area contributed by atoms with Crippen molar-refractivity contribution in [2.75, 3.05) is 6.54 Å². The van der Waals surface area contributed by atoms with E-state index in [2.05, 4.69) is 24.1 Å². The Hall–Kier alpha value is -1.33. The second-order valence-electron chi connectivity index (χ2n) is 5.39. The fourth-order valence-electron chi connectivity index (χ4n) is 2.08. The summed E-state index contributed by atoms with van der Waals surface area (Å²) in [6, 6.07) is 3.49. The Balaban J connectivity index is 2.39. The van der Waals surface area contributed by atoms with Gasteiger partial charge in [-0.3, -0.25) is 0 Å². The summed E-state index contributed by atoms with van der Waals surface area (Å²) in [5.41, 5.74) is 1.22. The van der Waals surface area contributed by atoms with Crippen molar-refractivity contribution in [3.05, 3.63) is 40.4 Å². The SMILES string of the molecule is CCNCc1sc(-c2cc(F)ccc2F)nc1CC(C)C. The molecular formula is C16H20F2N2S. The Kier molecular flexibility index (Phi) is 5.42. The van der Waals surface area contributed by atoms with E-state index in [-0.39, 0.29) is 5.56 Å². The molecule has 0 spiro atoms. The molecule has 0 amide bonds. The van der Waals surface area contributed by atoms with Crippen molar-refractivity contribution in [2.45, 2.75) is 33.7 Å². The predicted molar refractivity (Wildman–Crippen MR) is 83.4 cm³/mol. The molecule has 1 N–H and O–H groups in total. The van der Waals surface area contributed by atoms with Crippen LogP contribution in [-0.4, -0.2) is 11.5 Å². The van der Waals surface area contributed by atoms with Gasteiger partial charge in [0.05, 0.1) is 5.69 Å². The summed E-state index contributed by atoms with van der Waals surface area (Å²) in [5, 5.41) is 3.82. The molecule has 1 aromatic carbocycles. The maximum absolute atomic E-state index is 13.9. The highest BCUT2D eigenvalue weighted by Crippen LogP contribution is 2.31. The van der Waals surface area contributed by atoms with Crippen LogP contribution >= 0.6 is 11.3 Å². The molecule has 5 heteroatoms. The molecule has 0 unspecified atom stereocenters. The van der Waals surface area contributed by atoms with Crippen LogP contribution in [0.4, 0.5) is 8.78 Å². The topological polar surface area (TPSA) is 24.9 Å². The second kappa shape index (κ2) is 7.09. The first-order valence-electron chi connectivity index (χ1n) is 7.16. The van der Waals surface area contributed by atoms with E-state index in [1.54, 1.807) is 0 Å². The van der Waals surface area contributed by atoms with Gasteiger partial charge in [0.15, 0.2) is 0 Å². The highest BCUT2D eigenvalue weighted by molar-refractivity contribution is 7.15. The Morgan fingerprint density at radius 2 is 2.05 bits per heavy atom. The van der Waals surface area contributed by atoms with Gasteiger partial charge in [-0.05, 0) is 37.1 Å². The van der Waals surface area contributed by atoms with Crippen LogP contribution in [0, 0.1) is 17.6 Å². The molecule has 2 rings (SSSR count). The van der Waals surface area contributed by atoms with Crippen LogP contribution in [0.1, 0.15) is 31.3 Å². The first kappa shape index (κ1) is 16.0. The first-order valence-corrected chi connectivity index (χ1v) is 7.97. The molecule has 0 aliphatic rings. The summed E-state index contributed by atoms with van der Waals surface area (Å²) < 4.78 is 27.2. The third kappa shape index (κ3) is 4.08. The minimum Gasteiger partial charge on any atom is -0.312 e. The highest BCUT2D eigenvalue weighted by atomic mass is 32.1. The van der Waals surface area contributed by atoms with Crippen LogP contribution in [0.3, 0.4) is 0 Å².